The highest BCUT2D eigenvalue weighted by Crippen LogP contribution is 2.42. The van der Waals surface area contributed by atoms with E-state index in [2.05, 4.69) is 55.7 Å². The Bertz CT molecular complexity index is 1360. The van der Waals surface area contributed by atoms with Gasteiger partial charge in [0.2, 0.25) is 0 Å². The highest BCUT2D eigenvalue weighted by molar-refractivity contribution is 5.88. The molecule has 3 aromatic heterocycles. The molecule has 1 saturated heterocycles. The van der Waals surface area contributed by atoms with E-state index in [1.54, 1.807) is 28.6 Å². The summed E-state index contributed by atoms with van der Waals surface area (Å²) in [6.45, 7) is 10.8. The molecule has 1 saturated carbocycles. The van der Waals surface area contributed by atoms with Crippen molar-refractivity contribution in [2.45, 2.75) is 84.0 Å². The fourth-order valence-electron chi connectivity index (χ4n) is 5.89. The zero-order chi connectivity index (χ0) is 25.6. The largest absolute Gasteiger partial charge is 0.364 e. The molecular weight excluding hydrogens is 450 g/mol. The van der Waals surface area contributed by atoms with E-state index in [1.807, 2.05) is 0 Å². The number of aryl methyl sites for hydroxylation is 2. The topological polar surface area (TPSA) is 83.0 Å². The first kappa shape index (κ1) is 24.5. The molecule has 8 nitrogen and oxygen atoms in total. The number of pyridine rings is 2. The molecule has 3 aromatic rings. The molecule has 2 fully saturated rings. The molecule has 3 atom stereocenters. The first-order valence-electron chi connectivity index (χ1n) is 13.3. The lowest BCUT2D eigenvalue weighted by Gasteiger charge is -2.49. The first-order valence-corrected chi connectivity index (χ1v) is 13.3. The van der Waals surface area contributed by atoms with Crippen LogP contribution in [0.3, 0.4) is 0 Å². The molecule has 36 heavy (non-hydrogen) atoms. The smallest absolute Gasteiger partial charge is 0.252 e. The van der Waals surface area contributed by atoms with Crippen LogP contribution in [0.4, 0.5) is 5.69 Å². The second-order valence-corrected chi connectivity index (χ2v) is 10.5. The van der Waals surface area contributed by atoms with Gasteiger partial charge in [0.1, 0.15) is 12.1 Å². The zero-order valence-corrected chi connectivity index (χ0v) is 22.1. The Morgan fingerprint density at radius 1 is 1.17 bits per heavy atom. The predicted octanol–water partition coefficient (Wildman–Crippen LogP) is 4.28. The van der Waals surface area contributed by atoms with Gasteiger partial charge < -0.3 is 9.47 Å². The van der Waals surface area contributed by atoms with Crippen LogP contribution >= 0.6 is 0 Å². The third kappa shape index (κ3) is 4.30. The minimum atomic E-state index is -0.0527. The molecule has 8 heteroatoms. The Morgan fingerprint density at radius 3 is 2.56 bits per heavy atom. The van der Waals surface area contributed by atoms with Crippen LogP contribution in [-0.2, 0) is 13.6 Å². The van der Waals surface area contributed by atoms with Crippen molar-refractivity contribution in [2.75, 3.05) is 18.0 Å². The third-order valence-electron chi connectivity index (χ3n) is 8.25. The van der Waals surface area contributed by atoms with E-state index < -0.39 is 0 Å². The second kappa shape index (κ2) is 9.70. The molecule has 0 amide bonds. The van der Waals surface area contributed by atoms with Gasteiger partial charge in [0.05, 0.1) is 29.2 Å². The molecule has 1 unspecified atom stereocenters. The number of fused-ring (bicyclic) bond motifs is 1. The number of piperazine rings is 1. The average molecular weight is 488 g/mol. The number of aromatic nitrogens is 4. The summed E-state index contributed by atoms with van der Waals surface area (Å²) in [4.78, 5) is 22.9. The van der Waals surface area contributed by atoms with E-state index in [0.717, 1.165) is 48.3 Å². The molecule has 5 rings (SSSR count). The van der Waals surface area contributed by atoms with Crippen LogP contribution in [0, 0.1) is 18.3 Å². The van der Waals surface area contributed by atoms with Crippen molar-refractivity contribution < 1.29 is 0 Å². The maximum atomic E-state index is 12.9. The fourth-order valence-corrected chi connectivity index (χ4v) is 5.89. The quantitative estimate of drug-likeness (QED) is 0.495. The normalized spacial score (nSPS) is 21.6. The van der Waals surface area contributed by atoms with Crippen molar-refractivity contribution in [1.82, 2.24) is 24.2 Å². The molecule has 1 aliphatic carbocycles. The summed E-state index contributed by atoms with van der Waals surface area (Å²) in [6.07, 6.45) is 6.36. The van der Waals surface area contributed by atoms with E-state index in [0.29, 0.717) is 12.0 Å². The van der Waals surface area contributed by atoms with Crippen molar-refractivity contribution in [3.8, 4) is 6.07 Å². The summed E-state index contributed by atoms with van der Waals surface area (Å²) in [7, 11) is 1.77. The molecule has 0 N–H and O–H groups in total. The van der Waals surface area contributed by atoms with Gasteiger partial charge in [-0.05, 0) is 57.1 Å². The van der Waals surface area contributed by atoms with Gasteiger partial charge in [0, 0.05) is 50.0 Å². The lowest BCUT2D eigenvalue weighted by molar-refractivity contribution is 0.0991. The van der Waals surface area contributed by atoms with E-state index in [4.69, 9.17) is 10.1 Å². The molecule has 2 aliphatic rings. The molecule has 0 bridgehead atoms. The summed E-state index contributed by atoms with van der Waals surface area (Å²) in [5, 5.41) is 13.9. The molecule has 4 heterocycles. The van der Waals surface area contributed by atoms with E-state index in [9.17, 15) is 10.1 Å². The molecule has 1 aliphatic heterocycles. The minimum absolute atomic E-state index is 0.0527. The Balaban J connectivity index is 1.47. The van der Waals surface area contributed by atoms with Crippen molar-refractivity contribution in [3.63, 3.8) is 0 Å². The highest BCUT2D eigenvalue weighted by atomic mass is 16.1. The van der Waals surface area contributed by atoms with Crippen LogP contribution in [-0.4, -0.2) is 49.4 Å². The molecule has 0 radical (unpaired) electrons. The van der Waals surface area contributed by atoms with Crippen LogP contribution in [0.1, 0.15) is 75.4 Å². The number of nitrogens with zero attached hydrogens (tertiary/aromatic N) is 7. The third-order valence-corrected chi connectivity index (χ3v) is 8.25. The molecule has 190 valence electrons. The highest BCUT2D eigenvalue weighted by Gasteiger charge is 2.37. The summed E-state index contributed by atoms with van der Waals surface area (Å²) in [6, 6.07) is 9.20. The number of anilines is 1. The summed E-state index contributed by atoms with van der Waals surface area (Å²) >= 11 is 0. The van der Waals surface area contributed by atoms with Gasteiger partial charge in [0.25, 0.3) is 5.56 Å². The van der Waals surface area contributed by atoms with E-state index in [-0.39, 0.29) is 24.2 Å². The van der Waals surface area contributed by atoms with Crippen LogP contribution in [0.5, 0.6) is 0 Å². The van der Waals surface area contributed by atoms with Gasteiger partial charge in [-0.3, -0.25) is 19.4 Å². The Morgan fingerprint density at radius 2 is 1.92 bits per heavy atom. The number of rotatable bonds is 7. The average Bonchev–Trinajstić information content (AvgIpc) is 3.64. The van der Waals surface area contributed by atoms with Crippen molar-refractivity contribution in [2.24, 2.45) is 7.05 Å². The Labute approximate surface area is 213 Å². The lowest BCUT2D eigenvalue weighted by atomic mass is 9.97. The first-order chi connectivity index (χ1) is 17.4. The van der Waals surface area contributed by atoms with Crippen molar-refractivity contribution >= 4 is 16.7 Å². The van der Waals surface area contributed by atoms with Crippen LogP contribution in [0.15, 0.2) is 29.2 Å². The summed E-state index contributed by atoms with van der Waals surface area (Å²) in [5.74, 6) is 0.713. The summed E-state index contributed by atoms with van der Waals surface area (Å²) in [5.41, 5.74) is 6.12. The molecule has 0 spiro atoms. The fraction of sp³-hybridized carbons (Fsp3) is 0.571. The number of hydrogen-bond acceptors (Lipinski definition) is 6. The van der Waals surface area contributed by atoms with Gasteiger partial charge in [-0.1, -0.05) is 19.9 Å². The van der Waals surface area contributed by atoms with Crippen molar-refractivity contribution in [3.05, 3.63) is 51.7 Å². The maximum Gasteiger partial charge on any atom is 0.252 e. The number of hydrogen-bond donors (Lipinski definition) is 0. The number of nitriles is 1. The lowest BCUT2D eigenvalue weighted by Crippen LogP contribution is -2.59. The maximum absolute atomic E-state index is 12.9. The van der Waals surface area contributed by atoms with Crippen LogP contribution in [0.25, 0.3) is 11.0 Å². The molecular formula is C28H37N7O. The van der Waals surface area contributed by atoms with E-state index >= 15 is 0 Å². The van der Waals surface area contributed by atoms with Crippen LogP contribution < -0.4 is 10.5 Å². The van der Waals surface area contributed by atoms with Crippen molar-refractivity contribution in [1.29, 1.82) is 5.26 Å². The monoisotopic (exact) mass is 487 g/mol. The second-order valence-electron chi connectivity index (χ2n) is 10.5. The van der Waals surface area contributed by atoms with Gasteiger partial charge in [-0.25, -0.2) is 0 Å². The zero-order valence-electron chi connectivity index (χ0n) is 22.1. The van der Waals surface area contributed by atoms with Gasteiger partial charge in [-0.15, -0.1) is 0 Å². The summed E-state index contributed by atoms with van der Waals surface area (Å²) < 4.78 is 3.25. The Kier molecular flexibility index (Phi) is 6.60. The van der Waals surface area contributed by atoms with Gasteiger partial charge >= 0.3 is 0 Å². The minimum Gasteiger partial charge on any atom is -0.364 e. The van der Waals surface area contributed by atoms with Crippen LogP contribution in [0.2, 0.25) is 0 Å². The standard InChI is InChI=1S/C28H37N7O/c1-6-21-16-35(25-14-27(36)32(5)26-17-33(13-12-29)31-28(25)26)22(7-2)15-34(21)19(4)24-11-10-23(18(3)30-24)20-8-9-20/h10-11,14,17,19-22H,6-9,13,15-16H2,1-5H3/t19?,21-,22+/m1/s1. The Hall–Kier alpha value is -3.18. The molecule has 0 aromatic carbocycles. The van der Waals surface area contributed by atoms with E-state index in [1.165, 1.54) is 24.1 Å². The SMILES string of the molecule is CC[C@H]1CN(C(C)c2ccc(C3CC3)c(C)n2)[C@H](CC)CN1c1cc(=O)n(C)c2cn(CC#N)nc12. The van der Waals surface area contributed by atoms with Gasteiger partial charge in [0.15, 0.2) is 0 Å². The van der Waals surface area contributed by atoms with Gasteiger partial charge in [-0.2, -0.15) is 10.4 Å². The predicted molar refractivity (Wildman–Crippen MR) is 142 cm³/mol.